The number of imide groups is 1. The third kappa shape index (κ3) is 7.12. The Morgan fingerprint density at radius 3 is 2.55 bits per heavy atom. The molecule has 0 bridgehead atoms. The minimum Gasteiger partial charge on any atom is -0.481 e. The molecule has 2 aliphatic rings. The van der Waals surface area contributed by atoms with Crippen molar-refractivity contribution >= 4 is 23.7 Å². The Hall–Kier alpha value is -3.26. The molecule has 3 rings (SSSR count). The molecule has 33 heavy (non-hydrogen) atoms. The standard InChI is InChI=1S/C23H26N2O8/c26-20-6-5-19(22(29)24-20)25-15-17-14-16(3-4-18(17)23(25)30)2-1-8-31-10-12-33-13-11-32-9-7-21(27)28/h3-4,14,19H,5-13,15H2,(H,27,28)(H,24,26,29). The van der Waals surface area contributed by atoms with Crippen molar-refractivity contribution in [2.45, 2.75) is 31.8 Å². The number of nitrogens with one attached hydrogen (secondary N) is 1. The molecule has 2 N–H and O–H groups in total. The quantitative estimate of drug-likeness (QED) is 0.275. The van der Waals surface area contributed by atoms with Crippen molar-refractivity contribution in [3.8, 4) is 11.8 Å². The lowest BCUT2D eigenvalue weighted by molar-refractivity contribution is -0.139. The van der Waals surface area contributed by atoms with E-state index in [0.717, 1.165) is 11.1 Å². The van der Waals surface area contributed by atoms with Gasteiger partial charge < -0.3 is 24.2 Å². The van der Waals surface area contributed by atoms with Gasteiger partial charge in [0.1, 0.15) is 12.6 Å². The van der Waals surface area contributed by atoms with Gasteiger partial charge in [-0.05, 0) is 30.2 Å². The molecule has 1 fully saturated rings. The molecule has 0 spiro atoms. The number of benzene rings is 1. The van der Waals surface area contributed by atoms with Crippen LogP contribution in [0.5, 0.6) is 0 Å². The first-order chi connectivity index (χ1) is 16.0. The molecule has 10 nitrogen and oxygen atoms in total. The van der Waals surface area contributed by atoms with Crippen LogP contribution in [0.1, 0.15) is 40.7 Å². The minimum atomic E-state index is -0.895. The summed E-state index contributed by atoms with van der Waals surface area (Å²) in [5.41, 5.74) is 2.09. The Balaban J connectivity index is 1.36. The van der Waals surface area contributed by atoms with Crippen molar-refractivity contribution in [2.75, 3.05) is 39.6 Å². The van der Waals surface area contributed by atoms with E-state index >= 15 is 0 Å². The number of aliphatic carboxylic acids is 1. The van der Waals surface area contributed by atoms with Crippen molar-refractivity contribution in [1.29, 1.82) is 0 Å². The van der Waals surface area contributed by atoms with Gasteiger partial charge in [-0.15, -0.1) is 0 Å². The predicted molar refractivity (Wildman–Crippen MR) is 114 cm³/mol. The second-order valence-electron chi connectivity index (χ2n) is 7.49. The highest BCUT2D eigenvalue weighted by molar-refractivity contribution is 6.05. The van der Waals surface area contributed by atoms with Crippen molar-refractivity contribution in [3.63, 3.8) is 0 Å². The third-order valence-electron chi connectivity index (χ3n) is 5.13. The van der Waals surface area contributed by atoms with Gasteiger partial charge in [0.05, 0.1) is 39.5 Å². The lowest BCUT2D eigenvalue weighted by Crippen LogP contribution is -2.52. The molecular weight excluding hydrogens is 432 g/mol. The highest BCUT2D eigenvalue weighted by atomic mass is 16.5. The molecule has 0 saturated carbocycles. The van der Waals surface area contributed by atoms with Gasteiger partial charge in [-0.2, -0.15) is 0 Å². The van der Waals surface area contributed by atoms with Crippen molar-refractivity contribution in [2.24, 2.45) is 0 Å². The van der Waals surface area contributed by atoms with E-state index in [1.165, 1.54) is 4.90 Å². The molecule has 1 saturated heterocycles. The van der Waals surface area contributed by atoms with Gasteiger partial charge in [0.25, 0.3) is 5.91 Å². The van der Waals surface area contributed by atoms with E-state index in [-0.39, 0.29) is 37.9 Å². The molecule has 176 valence electrons. The summed E-state index contributed by atoms with van der Waals surface area (Å²) in [7, 11) is 0. The van der Waals surface area contributed by atoms with Crippen LogP contribution in [0.4, 0.5) is 0 Å². The molecular formula is C23H26N2O8. The van der Waals surface area contributed by atoms with E-state index < -0.39 is 17.9 Å². The second kappa shape index (κ2) is 12.1. The van der Waals surface area contributed by atoms with Gasteiger partial charge >= 0.3 is 5.97 Å². The first-order valence-corrected chi connectivity index (χ1v) is 10.7. The average Bonchev–Trinajstić information content (AvgIpc) is 3.10. The number of nitrogens with zero attached hydrogens (tertiary/aromatic N) is 1. The van der Waals surface area contributed by atoms with Gasteiger partial charge in [0, 0.05) is 24.1 Å². The zero-order valence-electron chi connectivity index (χ0n) is 18.1. The van der Waals surface area contributed by atoms with E-state index in [9.17, 15) is 19.2 Å². The van der Waals surface area contributed by atoms with E-state index in [0.29, 0.717) is 45.0 Å². The lowest BCUT2D eigenvalue weighted by atomic mass is 10.0. The highest BCUT2D eigenvalue weighted by Crippen LogP contribution is 2.28. The summed E-state index contributed by atoms with van der Waals surface area (Å²) in [6.45, 7) is 2.12. The molecule has 1 atom stereocenters. The number of fused-ring (bicyclic) bond motifs is 1. The number of carbonyl (C=O) groups is 4. The first kappa shape index (κ1) is 24.4. The summed E-state index contributed by atoms with van der Waals surface area (Å²) in [6, 6.07) is 4.66. The fourth-order valence-electron chi connectivity index (χ4n) is 3.51. The largest absolute Gasteiger partial charge is 0.481 e. The van der Waals surface area contributed by atoms with Crippen LogP contribution in [0, 0.1) is 11.8 Å². The normalized spacial score (nSPS) is 17.4. The van der Waals surface area contributed by atoms with Gasteiger partial charge in [0.2, 0.25) is 11.8 Å². The smallest absolute Gasteiger partial charge is 0.305 e. The summed E-state index contributed by atoms with van der Waals surface area (Å²) in [5.74, 6) is 4.06. The van der Waals surface area contributed by atoms with E-state index in [4.69, 9.17) is 19.3 Å². The fourth-order valence-corrected chi connectivity index (χ4v) is 3.51. The number of carboxylic acid groups (broad SMARTS) is 1. The maximum absolute atomic E-state index is 12.7. The topological polar surface area (TPSA) is 131 Å². The molecule has 0 aromatic heterocycles. The van der Waals surface area contributed by atoms with Crippen LogP contribution in [0.3, 0.4) is 0 Å². The second-order valence-corrected chi connectivity index (χ2v) is 7.49. The van der Waals surface area contributed by atoms with Crippen molar-refractivity contribution < 1.29 is 38.5 Å². The van der Waals surface area contributed by atoms with Gasteiger partial charge in [0.15, 0.2) is 0 Å². The molecule has 2 heterocycles. The number of amides is 3. The number of carboxylic acids is 1. The van der Waals surface area contributed by atoms with Gasteiger partial charge in [-0.25, -0.2) is 0 Å². The van der Waals surface area contributed by atoms with Gasteiger partial charge in [-0.1, -0.05) is 11.8 Å². The van der Waals surface area contributed by atoms with Crippen LogP contribution >= 0.6 is 0 Å². The third-order valence-corrected chi connectivity index (χ3v) is 5.13. The Morgan fingerprint density at radius 1 is 1.09 bits per heavy atom. The number of hydrogen-bond donors (Lipinski definition) is 2. The van der Waals surface area contributed by atoms with Crippen LogP contribution in [0.15, 0.2) is 18.2 Å². The zero-order chi connectivity index (χ0) is 23.6. The summed E-state index contributed by atoms with van der Waals surface area (Å²) >= 11 is 0. The Bertz CT molecular complexity index is 965. The summed E-state index contributed by atoms with van der Waals surface area (Å²) in [4.78, 5) is 48.0. The van der Waals surface area contributed by atoms with Crippen LogP contribution < -0.4 is 5.32 Å². The van der Waals surface area contributed by atoms with Crippen LogP contribution in [0.2, 0.25) is 0 Å². The van der Waals surface area contributed by atoms with Crippen LogP contribution in [-0.2, 0) is 35.1 Å². The number of ether oxygens (including phenoxy) is 3. The molecule has 1 aromatic rings. The molecule has 1 aromatic carbocycles. The molecule has 0 radical (unpaired) electrons. The maximum atomic E-state index is 12.7. The highest BCUT2D eigenvalue weighted by Gasteiger charge is 2.38. The molecule has 1 unspecified atom stereocenters. The number of hydrogen-bond acceptors (Lipinski definition) is 7. The Labute approximate surface area is 191 Å². The van der Waals surface area contributed by atoms with Crippen molar-refractivity contribution in [3.05, 3.63) is 34.9 Å². The Kier molecular flexibility index (Phi) is 8.95. The summed E-state index contributed by atoms with van der Waals surface area (Å²) in [6.07, 6.45) is 0.523. The van der Waals surface area contributed by atoms with E-state index in [1.54, 1.807) is 12.1 Å². The van der Waals surface area contributed by atoms with E-state index in [1.807, 2.05) is 6.07 Å². The SMILES string of the molecule is O=C(O)CCOCCOCCOCC#Cc1ccc2c(c1)CN(C1CCC(=O)NC1=O)C2=O. The van der Waals surface area contributed by atoms with E-state index in [2.05, 4.69) is 17.2 Å². The fraction of sp³-hybridized carbons (Fsp3) is 0.478. The average molecular weight is 458 g/mol. The molecule has 10 heteroatoms. The summed E-state index contributed by atoms with van der Waals surface area (Å²) in [5, 5.41) is 10.8. The number of rotatable bonds is 11. The lowest BCUT2D eigenvalue weighted by Gasteiger charge is -2.29. The molecule has 0 aliphatic carbocycles. The van der Waals surface area contributed by atoms with Crippen LogP contribution in [-0.4, -0.2) is 79.4 Å². The molecule has 3 amide bonds. The van der Waals surface area contributed by atoms with Crippen LogP contribution in [0.25, 0.3) is 0 Å². The zero-order valence-corrected chi connectivity index (χ0v) is 18.1. The monoisotopic (exact) mass is 458 g/mol. The first-order valence-electron chi connectivity index (χ1n) is 10.7. The van der Waals surface area contributed by atoms with Crippen molar-refractivity contribution in [1.82, 2.24) is 10.2 Å². The predicted octanol–water partition coefficient (Wildman–Crippen LogP) is 0.324. The molecule has 2 aliphatic heterocycles. The maximum Gasteiger partial charge on any atom is 0.305 e. The van der Waals surface area contributed by atoms with Gasteiger partial charge in [-0.3, -0.25) is 24.5 Å². The number of carbonyl (C=O) groups excluding carboxylic acids is 3. The summed E-state index contributed by atoms with van der Waals surface area (Å²) < 4.78 is 15.8. The Morgan fingerprint density at radius 2 is 1.82 bits per heavy atom. The minimum absolute atomic E-state index is 0.0274. The number of piperidine rings is 1.